The number of likely N-dealkylation sites (N-methyl/N-ethyl adjacent to an activating group) is 1. The Bertz CT molecular complexity index is 1350. The monoisotopic (exact) mass is 716 g/mol. The lowest BCUT2D eigenvalue weighted by Gasteiger charge is -2.44. The fourth-order valence-corrected chi connectivity index (χ4v) is 7.90. The van der Waals surface area contributed by atoms with Crippen LogP contribution in [0.15, 0.2) is 60.7 Å². The zero-order valence-corrected chi connectivity index (χ0v) is 32.2. The number of nitrogens with zero attached hydrogens (tertiary/aromatic N) is 2. The van der Waals surface area contributed by atoms with E-state index in [1.165, 1.54) is 64.2 Å². The lowest BCUT2D eigenvalue weighted by molar-refractivity contribution is -0.152. The van der Waals surface area contributed by atoms with Gasteiger partial charge in [-0.05, 0) is 50.8 Å². The standard InChI is InChI=1S/C43H65N5O4/c1-4-5-6-7-8-9-10-11-12-13-14-15-22-28-38(49)45-37-33-47(40(50)34(2)44-3)32-30-43(29-23-31-48(43)41(37)51)42(52)46-39(35-24-18-16-19-25-35)36-26-20-17-21-27-36/h16-21,24-27,34,37,39,44H,4-15,22-23,28-33H2,1-3H3,(H,45,49)(H,46,52)/t34-,37+,43+/m1/s1. The number of hydrogen-bond donors (Lipinski definition) is 3. The second-order valence-corrected chi connectivity index (χ2v) is 15.0. The summed E-state index contributed by atoms with van der Waals surface area (Å²) in [4.78, 5) is 59.3. The molecule has 4 rings (SSSR count). The molecule has 0 radical (unpaired) electrons. The van der Waals surface area contributed by atoms with Crippen molar-refractivity contribution in [3.63, 3.8) is 0 Å². The summed E-state index contributed by atoms with van der Waals surface area (Å²) < 4.78 is 0. The molecule has 9 heteroatoms. The maximum atomic E-state index is 14.6. The van der Waals surface area contributed by atoms with Gasteiger partial charge >= 0.3 is 0 Å². The summed E-state index contributed by atoms with van der Waals surface area (Å²) in [5.74, 6) is -0.862. The second-order valence-electron chi connectivity index (χ2n) is 15.0. The molecule has 2 aliphatic rings. The van der Waals surface area contributed by atoms with Crippen molar-refractivity contribution < 1.29 is 19.2 Å². The van der Waals surface area contributed by atoms with Crippen molar-refractivity contribution in [3.8, 4) is 0 Å². The Balaban J connectivity index is 1.39. The van der Waals surface area contributed by atoms with Gasteiger partial charge in [0.15, 0.2) is 0 Å². The van der Waals surface area contributed by atoms with Crippen LogP contribution in [0, 0.1) is 0 Å². The molecule has 0 bridgehead atoms. The Kier molecular flexibility index (Phi) is 17.1. The number of amides is 4. The van der Waals surface area contributed by atoms with Gasteiger partial charge in [0.1, 0.15) is 11.6 Å². The smallest absolute Gasteiger partial charge is 0.247 e. The third kappa shape index (κ3) is 11.6. The average molecular weight is 716 g/mol. The van der Waals surface area contributed by atoms with Gasteiger partial charge in [-0.15, -0.1) is 0 Å². The fraction of sp³-hybridized carbons (Fsp3) is 0.628. The van der Waals surface area contributed by atoms with E-state index in [0.29, 0.717) is 38.8 Å². The number of hydrogen-bond acceptors (Lipinski definition) is 5. The number of fused-ring (bicyclic) bond motifs is 1. The number of benzene rings is 2. The van der Waals surface area contributed by atoms with Crippen molar-refractivity contribution in [2.75, 3.05) is 26.7 Å². The van der Waals surface area contributed by atoms with Crippen LogP contribution in [0.25, 0.3) is 0 Å². The first kappa shape index (κ1) is 41.0. The van der Waals surface area contributed by atoms with Gasteiger partial charge in [-0.1, -0.05) is 145 Å². The molecule has 0 aromatic heterocycles. The number of carbonyl (C=O) groups is 4. The van der Waals surface area contributed by atoms with Gasteiger partial charge in [-0.2, -0.15) is 0 Å². The maximum Gasteiger partial charge on any atom is 0.247 e. The molecule has 2 fully saturated rings. The summed E-state index contributed by atoms with van der Waals surface area (Å²) in [6, 6.07) is 17.9. The number of unbranched alkanes of at least 4 members (excludes halogenated alkanes) is 12. The van der Waals surface area contributed by atoms with Gasteiger partial charge < -0.3 is 25.8 Å². The summed E-state index contributed by atoms with van der Waals surface area (Å²) in [5, 5.41) is 9.34. The van der Waals surface area contributed by atoms with Gasteiger partial charge in [0.05, 0.1) is 12.1 Å². The molecule has 2 aliphatic heterocycles. The summed E-state index contributed by atoms with van der Waals surface area (Å²) >= 11 is 0. The van der Waals surface area contributed by atoms with Crippen LogP contribution in [-0.4, -0.2) is 77.7 Å². The Morgan fingerprint density at radius 1 is 0.769 bits per heavy atom. The van der Waals surface area contributed by atoms with Crippen molar-refractivity contribution >= 4 is 23.6 Å². The van der Waals surface area contributed by atoms with E-state index in [1.54, 1.807) is 23.8 Å². The minimum absolute atomic E-state index is 0.0822. The quantitative estimate of drug-likeness (QED) is 0.120. The van der Waals surface area contributed by atoms with Crippen LogP contribution >= 0.6 is 0 Å². The molecule has 9 nitrogen and oxygen atoms in total. The number of rotatable bonds is 21. The third-order valence-electron chi connectivity index (χ3n) is 11.2. The highest BCUT2D eigenvalue weighted by Gasteiger charge is 2.53. The molecule has 0 aliphatic carbocycles. The van der Waals surface area contributed by atoms with Gasteiger partial charge in [0.25, 0.3) is 0 Å². The van der Waals surface area contributed by atoms with Crippen molar-refractivity contribution in [2.24, 2.45) is 0 Å². The normalized spacial score (nSPS) is 19.5. The molecule has 4 amide bonds. The summed E-state index contributed by atoms with van der Waals surface area (Å²) in [5.41, 5.74) is 0.745. The van der Waals surface area contributed by atoms with Crippen LogP contribution in [0.5, 0.6) is 0 Å². The summed E-state index contributed by atoms with van der Waals surface area (Å²) in [7, 11) is 1.73. The molecule has 3 atom stereocenters. The summed E-state index contributed by atoms with van der Waals surface area (Å²) in [6.45, 7) is 4.86. The van der Waals surface area contributed by atoms with Crippen molar-refractivity contribution in [1.82, 2.24) is 25.8 Å². The van der Waals surface area contributed by atoms with Gasteiger partial charge in [-0.25, -0.2) is 0 Å². The lowest BCUT2D eigenvalue weighted by Crippen LogP contribution is -2.66. The van der Waals surface area contributed by atoms with Crippen LogP contribution in [0.1, 0.15) is 140 Å². The molecule has 0 spiro atoms. The molecule has 0 saturated carbocycles. The molecule has 2 saturated heterocycles. The topological polar surface area (TPSA) is 111 Å². The first-order valence-electron chi connectivity index (χ1n) is 20.3. The molecule has 3 N–H and O–H groups in total. The molecular formula is C43H65N5O4. The first-order chi connectivity index (χ1) is 25.3. The van der Waals surface area contributed by atoms with Crippen LogP contribution in [-0.2, 0) is 19.2 Å². The van der Waals surface area contributed by atoms with Crippen LogP contribution in [0.2, 0.25) is 0 Å². The van der Waals surface area contributed by atoms with Crippen LogP contribution in [0.3, 0.4) is 0 Å². The maximum absolute atomic E-state index is 14.6. The lowest BCUT2D eigenvalue weighted by atomic mass is 9.87. The Hall–Kier alpha value is -3.72. The van der Waals surface area contributed by atoms with Gasteiger partial charge in [0, 0.05) is 26.1 Å². The SMILES string of the molecule is CCCCCCCCCCCCCCCC(=O)N[C@H]1CN(C(=O)[C@@H](C)NC)CC[C@]2(C(=O)NC(c3ccccc3)c3ccccc3)CCCN2C1=O. The Labute approximate surface area is 313 Å². The predicted molar refractivity (Wildman–Crippen MR) is 209 cm³/mol. The van der Waals surface area contributed by atoms with Crippen molar-refractivity contribution in [3.05, 3.63) is 71.8 Å². The number of nitrogens with one attached hydrogen (secondary N) is 3. The molecule has 0 unspecified atom stereocenters. The first-order valence-corrected chi connectivity index (χ1v) is 20.3. The fourth-order valence-electron chi connectivity index (χ4n) is 7.90. The zero-order valence-electron chi connectivity index (χ0n) is 32.2. The highest BCUT2D eigenvalue weighted by Crippen LogP contribution is 2.37. The van der Waals surface area contributed by atoms with E-state index in [-0.39, 0.29) is 30.2 Å². The van der Waals surface area contributed by atoms with Gasteiger partial charge in [-0.3, -0.25) is 19.2 Å². The van der Waals surface area contributed by atoms with E-state index in [2.05, 4.69) is 22.9 Å². The van der Waals surface area contributed by atoms with E-state index < -0.39 is 23.7 Å². The minimum atomic E-state index is -1.14. The third-order valence-corrected chi connectivity index (χ3v) is 11.2. The van der Waals surface area contributed by atoms with Crippen molar-refractivity contribution in [2.45, 2.75) is 147 Å². The average Bonchev–Trinajstić information content (AvgIpc) is 3.60. The van der Waals surface area contributed by atoms with Gasteiger partial charge in [0.2, 0.25) is 23.6 Å². The van der Waals surface area contributed by atoms with Crippen LogP contribution < -0.4 is 16.0 Å². The van der Waals surface area contributed by atoms with E-state index in [9.17, 15) is 19.2 Å². The zero-order chi connectivity index (χ0) is 37.2. The van der Waals surface area contributed by atoms with E-state index in [1.807, 2.05) is 60.7 Å². The second kappa shape index (κ2) is 21.7. The Morgan fingerprint density at radius 3 is 1.85 bits per heavy atom. The minimum Gasteiger partial charge on any atom is -0.343 e. The molecule has 2 aromatic carbocycles. The molecule has 52 heavy (non-hydrogen) atoms. The summed E-state index contributed by atoms with van der Waals surface area (Å²) in [6.07, 6.45) is 17.8. The van der Waals surface area contributed by atoms with Crippen molar-refractivity contribution in [1.29, 1.82) is 0 Å². The Morgan fingerprint density at radius 2 is 1.31 bits per heavy atom. The molecule has 2 aromatic rings. The van der Waals surface area contributed by atoms with Crippen LogP contribution in [0.4, 0.5) is 0 Å². The molecule has 2 heterocycles. The molecule has 286 valence electrons. The highest BCUT2D eigenvalue weighted by atomic mass is 16.2. The van der Waals surface area contributed by atoms with E-state index in [4.69, 9.17) is 0 Å². The largest absolute Gasteiger partial charge is 0.343 e. The molecular weight excluding hydrogens is 651 g/mol. The predicted octanol–water partition coefficient (Wildman–Crippen LogP) is 7.06. The number of carbonyl (C=O) groups excluding carboxylic acids is 4. The highest BCUT2D eigenvalue weighted by molar-refractivity contribution is 5.96. The van der Waals surface area contributed by atoms with E-state index in [0.717, 1.165) is 30.4 Å². The van der Waals surface area contributed by atoms with E-state index >= 15 is 0 Å².